The lowest BCUT2D eigenvalue weighted by Gasteiger charge is -2.18. The van der Waals surface area contributed by atoms with E-state index in [9.17, 15) is 4.79 Å². The van der Waals surface area contributed by atoms with E-state index in [0.717, 1.165) is 26.4 Å². The quantitative estimate of drug-likeness (QED) is 0.455. The van der Waals surface area contributed by atoms with Crippen LogP contribution >= 0.6 is 23.1 Å². The SMILES string of the molecule is O=C(CSc1ccc2ccccc2n1)NC(c1ccccc1)c1cccs1. The highest BCUT2D eigenvalue weighted by atomic mass is 32.2. The Labute approximate surface area is 166 Å². The molecule has 0 fully saturated rings. The summed E-state index contributed by atoms with van der Waals surface area (Å²) in [7, 11) is 0. The molecule has 0 radical (unpaired) electrons. The summed E-state index contributed by atoms with van der Waals surface area (Å²) in [6.07, 6.45) is 0. The van der Waals surface area contributed by atoms with Gasteiger partial charge in [-0.3, -0.25) is 4.79 Å². The summed E-state index contributed by atoms with van der Waals surface area (Å²) in [6.45, 7) is 0. The average molecular weight is 391 g/mol. The van der Waals surface area contributed by atoms with Crippen LogP contribution in [0.25, 0.3) is 10.9 Å². The third-order valence-electron chi connectivity index (χ3n) is 4.19. The lowest BCUT2D eigenvalue weighted by Crippen LogP contribution is -2.30. The van der Waals surface area contributed by atoms with E-state index in [-0.39, 0.29) is 11.9 Å². The van der Waals surface area contributed by atoms with Crippen molar-refractivity contribution in [3.8, 4) is 0 Å². The summed E-state index contributed by atoms with van der Waals surface area (Å²) < 4.78 is 0. The molecule has 1 unspecified atom stereocenters. The minimum atomic E-state index is -0.121. The van der Waals surface area contributed by atoms with Gasteiger partial charge in [0, 0.05) is 10.3 Å². The van der Waals surface area contributed by atoms with Crippen molar-refractivity contribution in [2.24, 2.45) is 0 Å². The van der Waals surface area contributed by atoms with Gasteiger partial charge in [-0.15, -0.1) is 11.3 Å². The van der Waals surface area contributed by atoms with Gasteiger partial charge in [0.05, 0.1) is 22.3 Å². The maximum atomic E-state index is 12.6. The number of carbonyl (C=O) groups excluding carboxylic acids is 1. The van der Waals surface area contributed by atoms with Gasteiger partial charge < -0.3 is 5.32 Å². The molecule has 0 saturated carbocycles. The van der Waals surface area contributed by atoms with Gasteiger partial charge in [-0.2, -0.15) is 0 Å². The fourth-order valence-corrected chi connectivity index (χ4v) is 4.38. The van der Waals surface area contributed by atoms with Crippen molar-refractivity contribution in [3.63, 3.8) is 0 Å². The Kier molecular flexibility index (Phi) is 5.51. The van der Waals surface area contributed by atoms with Gasteiger partial charge >= 0.3 is 0 Å². The van der Waals surface area contributed by atoms with Gasteiger partial charge in [0.1, 0.15) is 0 Å². The molecule has 0 aliphatic rings. The number of nitrogens with zero attached hydrogens (tertiary/aromatic N) is 1. The van der Waals surface area contributed by atoms with Gasteiger partial charge in [-0.25, -0.2) is 4.98 Å². The van der Waals surface area contributed by atoms with Crippen LogP contribution in [0.5, 0.6) is 0 Å². The number of benzene rings is 2. The fourth-order valence-electron chi connectivity index (χ4n) is 2.89. The summed E-state index contributed by atoms with van der Waals surface area (Å²) in [4.78, 5) is 18.4. The lowest BCUT2D eigenvalue weighted by atomic mass is 10.1. The molecule has 2 aromatic heterocycles. The summed E-state index contributed by atoms with van der Waals surface area (Å²) in [5.74, 6) is 0.331. The van der Waals surface area contributed by atoms with Crippen LogP contribution in [-0.2, 0) is 4.79 Å². The Hall–Kier alpha value is -2.63. The molecule has 0 bridgehead atoms. The lowest BCUT2D eigenvalue weighted by molar-refractivity contribution is -0.119. The Morgan fingerprint density at radius 1 is 0.963 bits per heavy atom. The van der Waals surface area contributed by atoms with Crippen LogP contribution in [0.4, 0.5) is 0 Å². The second-order valence-corrected chi connectivity index (χ2v) is 8.03. The zero-order valence-corrected chi connectivity index (χ0v) is 16.2. The number of carbonyl (C=O) groups is 1. The first-order valence-electron chi connectivity index (χ1n) is 8.66. The van der Waals surface area contributed by atoms with Crippen LogP contribution < -0.4 is 5.32 Å². The van der Waals surface area contributed by atoms with Crippen molar-refractivity contribution in [3.05, 3.63) is 94.7 Å². The largest absolute Gasteiger partial charge is 0.344 e. The maximum Gasteiger partial charge on any atom is 0.231 e. The molecule has 4 aromatic rings. The molecule has 3 nitrogen and oxygen atoms in total. The highest BCUT2D eigenvalue weighted by Crippen LogP contribution is 2.26. The van der Waals surface area contributed by atoms with E-state index in [4.69, 9.17) is 0 Å². The Balaban J connectivity index is 1.45. The number of thioether (sulfide) groups is 1. The van der Waals surface area contributed by atoms with Gasteiger partial charge in [0.15, 0.2) is 0 Å². The van der Waals surface area contributed by atoms with Crippen LogP contribution in [0.15, 0.2) is 89.3 Å². The molecule has 0 saturated heterocycles. The first kappa shape index (κ1) is 17.8. The van der Waals surface area contributed by atoms with E-state index < -0.39 is 0 Å². The average Bonchev–Trinajstić information content (AvgIpc) is 3.25. The second kappa shape index (κ2) is 8.37. The highest BCUT2D eigenvalue weighted by Gasteiger charge is 2.17. The molecule has 0 aliphatic carbocycles. The molecule has 1 atom stereocenters. The second-order valence-electron chi connectivity index (χ2n) is 6.06. The van der Waals surface area contributed by atoms with Crippen molar-refractivity contribution in [2.75, 3.05) is 5.75 Å². The van der Waals surface area contributed by atoms with Gasteiger partial charge in [-0.05, 0) is 29.1 Å². The van der Waals surface area contributed by atoms with Crippen LogP contribution in [0.2, 0.25) is 0 Å². The van der Waals surface area contributed by atoms with Crippen molar-refractivity contribution in [1.29, 1.82) is 0 Å². The Bertz CT molecular complexity index is 1030. The molecule has 27 heavy (non-hydrogen) atoms. The summed E-state index contributed by atoms with van der Waals surface area (Å²) in [5, 5.41) is 7.16. The summed E-state index contributed by atoms with van der Waals surface area (Å²) in [5.41, 5.74) is 2.03. The number of pyridine rings is 1. The van der Waals surface area contributed by atoms with Crippen molar-refractivity contribution in [1.82, 2.24) is 10.3 Å². The smallest absolute Gasteiger partial charge is 0.231 e. The molecule has 0 aliphatic heterocycles. The van der Waals surface area contributed by atoms with Crippen molar-refractivity contribution in [2.45, 2.75) is 11.1 Å². The number of rotatable bonds is 6. The number of hydrogen-bond acceptors (Lipinski definition) is 4. The number of aromatic nitrogens is 1. The molecule has 5 heteroatoms. The number of fused-ring (bicyclic) bond motifs is 1. The van der Waals surface area contributed by atoms with Crippen LogP contribution in [0.3, 0.4) is 0 Å². The molecule has 1 N–H and O–H groups in total. The van der Waals surface area contributed by atoms with Gasteiger partial charge in [0.2, 0.25) is 5.91 Å². The number of nitrogens with one attached hydrogen (secondary N) is 1. The van der Waals surface area contributed by atoms with E-state index in [1.54, 1.807) is 11.3 Å². The minimum Gasteiger partial charge on any atom is -0.344 e. The monoisotopic (exact) mass is 390 g/mol. The Morgan fingerprint density at radius 2 is 1.78 bits per heavy atom. The van der Waals surface area contributed by atoms with Gasteiger partial charge in [0.25, 0.3) is 0 Å². The standard InChI is InChI=1S/C22H18N2OS2/c25-20(15-27-21-13-12-16-7-4-5-10-18(16)23-21)24-22(19-11-6-14-26-19)17-8-2-1-3-9-17/h1-14,22H,15H2,(H,24,25). The number of amides is 1. The maximum absolute atomic E-state index is 12.6. The predicted octanol–water partition coefficient (Wildman–Crippen LogP) is 5.29. The highest BCUT2D eigenvalue weighted by molar-refractivity contribution is 7.99. The third-order valence-corrected chi connectivity index (χ3v) is 6.06. The van der Waals surface area contributed by atoms with E-state index in [1.807, 2.05) is 78.2 Å². The molecular weight excluding hydrogens is 372 g/mol. The van der Waals surface area contributed by atoms with Crippen LogP contribution in [0.1, 0.15) is 16.5 Å². The summed E-state index contributed by atoms with van der Waals surface area (Å²) >= 11 is 3.11. The molecule has 0 spiro atoms. The molecule has 2 aromatic carbocycles. The van der Waals surface area contributed by atoms with E-state index in [2.05, 4.69) is 16.4 Å². The zero-order valence-electron chi connectivity index (χ0n) is 14.5. The first-order valence-corrected chi connectivity index (χ1v) is 10.5. The van der Waals surface area contributed by atoms with Gasteiger partial charge in [-0.1, -0.05) is 72.4 Å². The Morgan fingerprint density at radius 3 is 2.59 bits per heavy atom. The number of hydrogen-bond donors (Lipinski definition) is 1. The van der Waals surface area contributed by atoms with Crippen molar-refractivity contribution >= 4 is 39.9 Å². The normalized spacial score (nSPS) is 12.0. The van der Waals surface area contributed by atoms with Crippen molar-refractivity contribution < 1.29 is 4.79 Å². The van der Waals surface area contributed by atoms with E-state index in [1.165, 1.54) is 11.8 Å². The minimum absolute atomic E-state index is 0.00258. The molecule has 2 heterocycles. The molecule has 1 amide bonds. The molecule has 134 valence electrons. The summed E-state index contributed by atoms with van der Waals surface area (Å²) in [6, 6.07) is 26.0. The van der Waals surface area contributed by atoms with E-state index >= 15 is 0 Å². The van der Waals surface area contributed by atoms with Crippen LogP contribution in [-0.4, -0.2) is 16.6 Å². The molecule has 4 rings (SSSR count). The van der Waals surface area contributed by atoms with Crippen LogP contribution in [0, 0.1) is 0 Å². The predicted molar refractivity (Wildman–Crippen MR) is 113 cm³/mol. The van der Waals surface area contributed by atoms with E-state index in [0.29, 0.717) is 5.75 Å². The number of para-hydroxylation sites is 1. The fraction of sp³-hybridized carbons (Fsp3) is 0.0909. The topological polar surface area (TPSA) is 42.0 Å². The number of thiophene rings is 1. The molecular formula is C22H18N2OS2. The first-order chi connectivity index (χ1) is 13.3. The third kappa shape index (κ3) is 4.38. The zero-order chi connectivity index (χ0) is 18.5.